The summed E-state index contributed by atoms with van der Waals surface area (Å²) in [4.78, 5) is 12.8. The summed E-state index contributed by atoms with van der Waals surface area (Å²) in [5.41, 5.74) is 3.80. The summed E-state index contributed by atoms with van der Waals surface area (Å²) in [7, 11) is 0. The van der Waals surface area contributed by atoms with Crippen molar-refractivity contribution in [2.24, 2.45) is 0 Å². The van der Waals surface area contributed by atoms with Crippen LogP contribution in [0.3, 0.4) is 0 Å². The molecule has 6 heteroatoms. The third-order valence-electron chi connectivity index (χ3n) is 4.16. The monoisotopic (exact) mass is 378 g/mol. The van der Waals surface area contributed by atoms with E-state index < -0.39 is 0 Å². The van der Waals surface area contributed by atoms with E-state index in [0.717, 1.165) is 16.9 Å². The van der Waals surface area contributed by atoms with Crippen LogP contribution in [0.1, 0.15) is 41.4 Å². The molecule has 0 spiro atoms. The van der Waals surface area contributed by atoms with Gasteiger partial charge in [-0.15, -0.1) is 0 Å². The van der Waals surface area contributed by atoms with Gasteiger partial charge in [0.15, 0.2) is 0 Å². The quantitative estimate of drug-likeness (QED) is 0.681. The Bertz CT molecular complexity index is 983. The van der Waals surface area contributed by atoms with Gasteiger partial charge in [0.1, 0.15) is 0 Å². The van der Waals surface area contributed by atoms with Crippen molar-refractivity contribution in [2.45, 2.75) is 26.2 Å². The first-order chi connectivity index (χ1) is 13.0. The van der Waals surface area contributed by atoms with Crippen molar-refractivity contribution >= 4 is 23.2 Å². The highest BCUT2D eigenvalue weighted by Crippen LogP contribution is 2.25. The van der Waals surface area contributed by atoms with Gasteiger partial charge in [0.05, 0.1) is 35.6 Å². The van der Waals surface area contributed by atoms with Crippen LogP contribution in [0.15, 0.2) is 54.7 Å². The summed E-state index contributed by atoms with van der Waals surface area (Å²) < 4.78 is 1.77. The van der Waals surface area contributed by atoms with Gasteiger partial charge in [0.25, 0.3) is 5.91 Å². The first-order valence-corrected chi connectivity index (χ1v) is 8.98. The summed E-state index contributed by atoms with van der Waals surface area (Å²) in [6.45, 7) is 4.05. The fraction of sp³-hybridized carbons (Fsp3) is 0.190. The highest BCUT2D eigenvalue weighted by Gasteiger charge is 2.21. The number of halogens is 1. The van der Waals surface area contributed by atoms with E-state index >= 15 is 0 Å². The second-order valence-electron chi connectivity index (χ2n) is 6.47. The van der Waals surface area contributed by atoms with Crippen LogP contribution in [0, 0.1) is 11.3 Å². The number of amides is 1. The summed E-state index contributed by atoms with van der Waals surface area (Å²) in [5.74, 6) is -0.117. The molecule has 2 aromatic carbocycles. The van der Waals surface area contributed by atoms with Crippen molar-refractivity contribution in [3.63, 3.8) is 0 Å². The molecule has 0 bridgehead atoms. The Morgan fingerprint density at radius 2 is 1.85 bits per heavy atom. The van der Waals surface area contributed by atoms with Gasteiger partial charge in [-0.1, -0.05) is 37.6 Å². The largest absolute Gasteiger partial charge is 0.322 e. The molecular weight excluding hydrogens is 360 g/mol. The van der Waals surface area contributed by atoms with E-state index in [1.54, 1.807) is 35.1 Å². The van der Waals surface area contributed by atoms with Gasteiger partial charge in [-0.05, 0) is 47.9 Å². The Balaban J connectivity index is 1.88. The number of carbonyl (C=O) groups is 1. The molecule has 0 radical (unpaired) electrons. The van der Waals surface area contributed by atoms with Crippen LogP contribution in [-0.4, -0.2) is 15.7 Å². The molecule has 0 aliphatic carbocycles. The second kappa shape index (κ2) is 8.07. The number of anilines is 1. The van der Waals surface area contributed by atoms with Gasteiger partial charge >= 0.3 is 0 Å². The van der Waals surface area contributed by atoms with Crippen LogP contribution >= 0.6 is 11.6 Å². The van der Waals surface area contributed by atoms with Gasteiger partial charge in [-0.2, -0.15) is 10.4 Å². The highest BCUT2D eigenvalue weighted by molar-refractivity contribution is 6.30. The zero-order valence-electron chi connectivity index (χ0n) is 15.1. The lowest BCUT2D eigenvalue weighted by Crippen LogP contribution is -2.15. The number of aromatic nitrogens is 2. The predicted octanol–water partition coefficient (Wildman–Crippen LogP) is 4.97. The smallest absolute Gasteiger partial charge is 0.259 e. The number of hydrogen-bond acceptors (Lipinski definition) is 3. The molecule has 0 saturated carbocycles. The van der Waals surface area contributed by atoms with Crippen molar-refractivity contribution in [3.8, 4) is 11.8 Å². The number of nitriles is 1. The Morgan fingerprint density at radius 1 is 1.19 bits per heavy atom. The first kappa shape index (κ1) is 18.7. The summed E-state index contributed by atoms with van der Waals surface area (Å²) in [6, 6.07) is 16.7. The molecule has 1 N–H and O–H groups in total. The maximum absolute atomic E-state index is 12.8. The van der Waals surface area contributed by atoms with Crippen LogP contribution in [0.5, 0.6) is 0 Å². The maximum Gasteiger partial charge on any atom is 0.259 e. The lowest BCUT2D eigenvalue weighted by molar-refractivity contribution is 0.102. The van der Waals surface area contributed by atoms with Gasteiger partial charge < -0.3 is 5.32 Å². The van der Waals surface area contributed by atoms with Gasteiger partial charge in [-0.25, -0.2) is 4.68 Å². The van der Waals surface area contributed by atoms with Crippen molar-refractivity contribution in [1.82, 2.24) is 9.78 Å². The molecular formula is C21H19ClN4O. The van der Waals surface area contributed by atoms with E-state index in [9.17, 15) is 4.79 Å². The standard InChI is InChI=1S/C21H19ClN4O/c1-14(2)20-19(13-24-26(20)18-9-5-16(22)6-10-18)21(27)25-17-7-3-15(4-8-17)11-12-23/h3-10,13-14H,11H2,1-2H3,(H,25,27). The van der Waals surface area contributed by atoms with E-state index in [2.05, 4.69) is 16.5 Å². The molecule has 0 atom stereocenters. The molecule has 3 aromatic rings. The van der Waals surface area contributed by atoms with Gasteiger partial charge in [0, 0.05) is 10.7 Å². The van der Waals surface area contributed by atoms with Crippen molar-refractivity contribution in [1.29, 1.82) is 5.26 Å². The number of nitrogens with one attached hydrogen (secondary N) is 1. The first-order valence-electron chi connectivity index (χ1n) is 8.60. The molecule has 0 aliphatic rings. The topological polar surface area (TPSA) is 70.7 Å². The minimum atomic E-state index is -0.216. The number of carbonyl (C=O) groups excluding carboxylic acids is 1. The molecule has 27 heavy (non-hydrogen) atoms. The van der Waals surface area contributed by atoms with Crippen LogP contribution < -0.4 is 5.32 Å². The van der Waals surface area contributed by atoms with Crippen LogP contribution in [0.4, 0.5) is 5.69 Å². The average molecular weight is 379 g/mol. The SMILES string of the molecule is CC(C)c1c(C(=O)Nc2ccc(CC#N)cc2)cnn1-c1ccc(Cl)cc1. The van der Waals surface area contributed by atoms with E-state index in [1.807, 2.05) is 38.1 Å². The Hall–Kier alpha value is -3.10. The molecule has 0 saturated heterocycles. The van der Waals surface area contributed by atoms with Crippen molar-refractivity contribution in [2.75, 3.05) is 5.32 Å². The fourth-order valence-electron chi connectivity index (χ4n) is 2.87. The van der Waals surface area contributed by atoms with E-state index in [0.29, 0.717) is 22.7 Å². The molecule has 0 fully saturated rings. The normalized spacial score (nSPS) is 10.6. The summed E-state index contributed by atoms with van der Waals surface area (Å²) >= 11 is 5.97. The molecule has 0 unspecified atom stereocenters. The number of nitrogens with zero attached hydrogens (tertiary/aromatic N) is 3. The Labute approximate surface area is 163 Å². The van der Waals surface area contributed by atoms with E-state index in [-0.39, 0.29) is 11.8 Å². The van der Waals surface area contributed by atoms with E-state index in [4.69, 9.17) is 16.9 Å². The lowest BCUT2D eigenvalue weighted by atomic mass is 10.0. The van der Waals surface area contributed by atoms with Gasteiger partial charge in [0.2, 0.25) is 0 Å². The second-order valence-corrected chi connectivity index (χ2v) is 6.91. The molecule has 3 rings (SSSR count). The van der Waals surface area contributed by atoms with Crippen LogP contribution in [0.2, 0.25) is 5.02 Å². The Morgan fingerprint density at radius 3 is 2.44 bits per heavy atom. The number of hydrogen-bond donors (Lipinski definition) is 1. The molecule has 5 nitrogen and oxygen atoms in total. The zero-order chi connectivity index (χ0) is 19.4. The molecule has 1 amide bonds. The Kier molecular flexibility index (Phi) is 5.58. The van der Waals surface area contributed by atoms with Crippen LogP contribution in [-0.2, 0) is 6.42 Å². The zero-order valence-corrected chi connectivity index (χ0v) is 15.9. The highest BCUT2D eigenvalue weighted by atomic mass is 35.5. The predicted molar refractivity (Wildman–Crippen MR) is 106 cm³/mol. The fourth-order valence-corrected chi connectivity index (χ4v) is 3.00. The number of benzene rings is 2. The minimum Gasteiger partial charge on any atom is -0.322 e. The molecule has 1 heterocycles. The van der Waals surface area contributed by atoms with Gasteiger partial charge in [-0.3, -0.25) is 4.79 Å². The number of rotatable bonds is 5. The average Bonchev–Trinajstić information content (AvgIpc) is 3.10. The minimum absolute atomic E-state index is 0.0990. The summed E-state index contributed by atoms with van der Waals surface area (Å²) in [6.07, 6.45) is 1.93. The molecule has 1 aromatic heterocycles. The van der Waals surface area contributed by atoms with E-state index in [1.165, 1.54) is 0 Å². The third-order valence-corrected chi connectivity index (χ3v) is 4.42. The maximum atomic E-state index is 12.8. The lowest BCUT2D eigenvalue weighted by Gasteiger charge is -2.13. The summed E-state index contributed by atoms with van der Waals surface area (Å²) in [5, 5.41) is 16.7. The molecule has 0 aliphatic heterocycles. The van der Waals surface area contributed by atoms with Crippen LogP contribution in [0.25, 0.3) is 5.69 Å². The van der Waals surface area contributed by atoms with Crippen molar-refractivity contribution in [3.05, 3.63) is 76.6 Å². The van der Waals surface area contributed by atoms with Crippen molar-refractivity contribution < 1.29 is 4.79 Å². The molecule has 136 valence electrons. The third kappa shape index (κ3) is 4.18.